The van der Waals surface area contributed by atoms with Gasteiger partial charge in [-0.2, -0.15) is 0 Å². The van der Waals surface area contributed by atoms with E-state index in [4.69, 9.17) is 9.47 Å². The number of allylic oxidation sites excluding steroid dienone is 1. The summed E-state index contributed by atoms with van der Waals surface area (Å²) < 4.78 is 11.6. The fourth-order valence-corrected chi connectivity index (χ4v) is 8.19. The minimum Gasteiger partial charge on any atom is -0.489 e. The van der Waals surface area contributed by atoms with Crippen LogP contribution in [0.2, 0.25) is 0 Å². The lowest BCUT2D eigenvalue weighted by Crippen LogP contribution is -2.48. The van der Waals surface area contributed by atoms with Crippen molar-refractivity contribution in [3.63, 3.8) is 0 Å². The van der Waals surface area contributed by atoms with E-state index >= 15 is 0 Å². The van der Waals surface area contributed by atoms with Crippen molar-refractivity contribution >= 4 is 11.7 Å². The summed E-state index contributed by atoms with van der Waals surface area (Å²) in [4.78, 5) is 14.3. The molecule has 0 N–H and O–H groups in total. The fourth-order valence-electron chi connectivity index (χ4n) is 8.19. The summed E-state index contributed by atoms with van der Waals surface area (Å²) in [6.45, 7) is 4.93. The van der Waals surface area contributed by atoms with Crippen molar-refractivity contribution in [3.8, 4) is 5.75 Å². The molecule has 0 unspecified atom stereocenters. The molecule has 4 aliphatic carbocycles. The average Bonchev–Trinajstić information content (AvgIpc) is 2.91. The number of esters is 1. The maximum atomic E-state index is 11.7. The smallest absolute Gasteiger partial charge is 0.330 e. The second-order valence-corrected chi connectivity index (χ2v) is 12.1. The van der Waals surface area contributed by atoms with Crippen LogP contribution < -0.4 is 9.64 Å². The summed E-state index contributed by atoms with van der Waals surface area (Å²) in [5, 5.41) is 0. The minimum absolute atomic E-state index is 0.226. The molecule has 5 fully saturated rings. The molecular formula is C33H41NO3. The first kappa shape index (κ1) is 24.6. The Morgan fingerprint density at radius 1 is 0.973 bits per heavy atom. The molecule has 0 spiro atoms. The van der Waals surface area contributed by atoms with Crippen LogP contribution in [-0.2, 0) is 21.6 Å². The Morgan fingerprint density at radius 3 is 2.30 bits per heavy atom. The average molecular weight is 500 g/mol. The normalized spacial score (nSPS) is 29.1. The van der Waals surface area contributed by atoms with E-state index in [2.05, 4.69) is 59.5 Å². The third kappa shape index (κ3) is 5.30. The second kappa shape index (κ2) is 10.6. The molecule has 7 rings (SSSR count). The number of nitrogens with zero attached hydrogens (tertiary/aromatic N) is 1. The largest absolute Gasteiger partial charge is 0.489 e. The summed E-state index contributed by atoms with van der Waals surface area (Å²) in [6, 6.07) is 17.6. The van der Waals surface area contributed by atoms with Gasteiger partial charge in [-0.25, -0.2) is 4.79 Å². The molecule has 1 heterocycles. The van der Waals surface area contributed by atoms with Crippen molar-refractivity contribution in [1.29, 1.82) is 0 Å². The fraction of sp³-hybridized carbons (Fsp3) is 0.545. The summed E-state index contributed by atoms with van der Waals surface area (Å²) in [7, 11) is 0. The van der Waals surface area contributed by atoms with Crippen LogP contribution in [0.4, 0.5) is 5.69 Å². The predicted octanol–water partition coefficient (Wildman–Crippen LogP) is 7.07. The van der Waals surface area contributed by atoms with Crippen molar-refractivity contribution in [2.24, 2.45) is 23.7 Å². The minimum atomic E-state index is -0.226. The van der Waals surface area contributed by atoms with Gasteiger partial charge in [0.15, 0.2) is 0 Å². The van der Waals surface area contributed by atoms with Crippen LogP contribution in [0, 0.1) is 23.7 Å². The standard InChI is InChI=1S/C33H41NO3/c1-2-36-32(35)11-8-24-12-14-34(15-13-24)29-9-10-31(37-23-25-6-4-3-5-7-25)30(19-29)33-20-26-16-27(21-33)18-28(17-26)22-33/h3-11,19,24,26-28H,2,12-18,20-23H2,1H3/b11-8+. The van der Waals surface area contributed by atoms with E-state index in [0.29, 0.717) is 19.1 Å². The lowest BCUT2D eigenvalue weighted by Gasteiger charge is -2.57. The number of ether oxygens (including phenoxy) is 2. The Hall–Kier alpha value is -2.75. The zero-order chi connectivity index (χ0) is 25.2. The molecule has 1 saturated heterocycles. The summed E-state index contributed by atoms with van der Waals surface area (Å²) >= 11 is 0. The van der Waals surface area contributed by atoms with Gasteiger partial charge in [-0.05, 0) is 111 Å². The van der Waals surface area contributed by atoms with Crippen LogP contribution in [0.25, 0.3) is 0 Å². The van der Waals surface area contributed by atoms with E-state index in [1.54, 1.807) is 6.08 Å². The first-order valence-electron chi connectivity index (χ1n) is 14.5. The van der Waals surface area contributed by atoms with Gasteiger partial charge in [-0.15, -0.1) is 0 Å². The van der Waals surface area contributed by atoms with Crippen molar-refractivity contribution < 1.29 is 14.3 Å². The molecule has 196 valence electrons. The molecule has 2 aromatic carbocycles. The number of hydrogen-bond donors (Lipinski definition) is 0. The first-order chi connectivity index (χ1) is 18.1. The van der Waals surface area contributed by atoms with Crippen LogP contribution >= 0.6 is 0 Å². The Labute approximate surface area is 222 Å². The van der Waals surface area contributed by atoms with E-state index in [1.165, 1.54) is 55.3 Å². The number of anilines is 1. The maximum absolute atomic E-state index is 11.7. The van der Waals surface area contributed by atoms with Crippen LogP contribution in [-0.4, -0.2) is 25.7 Å². The van der Waals surface area contributed by atoms with Gasteiger partial charge in [0.1, 0.15) is 12.4 Å². The van der Waals surface area contributed by atoms with Crippen molar-refractivity contribution in [3.05, 3.63) is 71.8 Å². The predicted molar refractivity (Wildman–Crippen MR) is 148 cm³/mol. The molecule has 37 heavy (non-hydrogen) atoms. The lowest BCUT2D eigenvalue weighted by atomic mass is 9.48. The SMILES string of the molecule is CCOC(=O)/C=C/C1CCN(c2ccc(OCc3ccccc3)c(C34CC5CC(CC(C5)C3)C4)c2)CC1. The highest BCUT2D eigenvalue weighted by Gasteiger charge is 2.52. The third-order valence-corrected chi connectivity index (χ3v) is 9.51. The Morgan fingerprint density at radius 2 is 1.65 bits per heavy atom. The van der Waals surface area contributed by atoms with Crippen molar-refractivity contribution in [2.75, 3.05) is 24.6 Å². The lowest BCUT2D eigenvalue weighted by molar-refractivity contribution is -0.137. The molecule has 2 aromatic rings. The molecule has 4 nitrogen and oxygen atoms in total. The molecule has 4 bridgehead atoms. The van der Waals surface area contributed by atoms with Gasteiger partial charge in [0.2, 0.25) is 0 Å². The number of piperidine rings is 1. The second-order valence-electron chi connectivity index (χ2n) is 12.1. The highest BCUT2D eigenvalue weighted by molar-refractivity contribution is 5.81. The number of hydrogen-bond acceptors (Lipinski definition) is 4. The molecule has 0 aromatic heterocycles. The highest BCUT2D eigenvalue weighted by Crippen LogP contribution is 2.62. The molecule has 0 atom stereocenters. The van der Waals surface area contributed by atoms with Gasteiger partial charge in [-0.3, -0.25) is 0 Å². The van der Waals surface area contributed by atoms with Crippen LogP contribution in [0.1, 0.15) is 69.4 Å². The quantitative estimate of drug-likeness (QED) is 0.288. The molecule has 4 saturated carbocycles. The van der Waals surface area contributed by atoms with E-state index in [0.717, 1.165) is 49.4 Å². The summed E-state index contributed by atoms with van der Waals surface area (Å²) in [6.07, 6.45) is 14.2. The van der Waals surface area contributed by atoms with Crippen LogP contribution in [0.15, 0.2) is 60.7 Å². The first-order valence-corrected chi connectivity index (χ1v) is 14.5. The maximum Gasteiger partial charge on any atom is 0.330 e. The van der Waals surface area contributed by atoms with Gasteiger partial charge in [0.25, 0.3) is 0 Å². The molecule has 5 aliphatic rings. The molecule has 1 aliphatic heterocycles. The van der Waals surface area contributed by atoms with Gasteiger partial charge in [0, 0.05) is 30.4 Å². The van der Waals surface area contributed by atoms with Crippen LogP contribution in [0.5, 0.6) is 5.75 Å². The van der Waals surface area contributed by atoms with E-state index in [9.17, 15) is 4.79 Å². The van der Waals surface area contributed by atoms with Crippen molar-refractivity contribution in [1.82, 2.24) is 0 Å². The highest BCUT2D eigenvalue weighted by atomic mass is 16.5. The summed E-state index contributed by atoms with van der Waals surface area (Å²) in [5.74, 6) is 4.02. The van der Waals surface area contributed by atoms with Gasteiger partial charge >= 0.3 is 5.97 Å². The Balaban J connectivity index is 1.22. The van der Waals surface area contributed by atoms with E-state index in [-0.39, 0.29) is 11.4 Å². The van der Waals surface area contributed by atoms with Crippen molar-refractivity contribution in [2.45, 2.75) is 70.3 Å². The van der Waals surface area contributed by atoms with E-state index in [1.807, 2.05) is 6.92 Å². The third-order valence-electron chi connectivity index (χ3n) is 9.51. The van der Waals surface area contributed by atoms with Gasteiger partial charge in [0.05, 0.1) is 6.61 Å². The number of carbonyl (C=O) groups excluding carboxylic acids is 1. The summed E-state index contributed by atoms with van der Waals surface area (Å²) in [5.41, 5.74) is 4.33. The zero-order valence-corrected chi connectivity index (χ0v) is 22.2. The van der Waals surface area contributed by atoms with Gasteiger partial charge < -0.3 is 14.4 Å². The number of rotatable bonds is 8. The zero-order valence-electron chi connectivity index (χ0n) is 22.2. The van der Waals surface area contributed by atoms with E-state index < -0.39 is 0 Å². The Kier molecular flexibility index (Phi) is 7.01. The Bertz CT molecular complexity index is 1080. The molecule has 0 amide bonds. The molecule has 0 radical (unpaired) electrons. The number of benzene rings is 2. The molecular weight excluding hydrogens is 458 g/mol. The topological polar surface area (TPSA) is 38.8 Å². The van der Waals surface area contributed by atoms with Crippen LogP contribution in [0.3, 0.4) is 0 Å². The monoisotopic (exact) mass is 499 g/mol. The van der Waals surface area contributed by atoms with Gasteiger partial charge in [-0.1, -0.05) is 36.4 Å². The number of carbonyl (C=O) groups is 1. The molecule has 4 heteroatoms.